The predicted octanol–water partition coefficient (Wildman–Crippen LogP) is 3.85. The maximum atomic E-state index is 13.6. The van der Waals surface area contributed by atoms with Gasteiger partial charge in [0.25, 0.3) is 0 Å². The number of allylic oxidation sites excluding steroid dienone is 3. The average molecular weight is 362 g/mol. The second-order valence-electron chi connectivity index (χ2n) is 7.14. The van der Waals surface area contributed by atoms with Gasteiger partial charge in [0.1, 0.15) is 5.82 Å². The molecule has 3 aromatic heterocycles. The molecule has 27 heavy (non-hydrogen) atoms. The minimum absolute atomic E-state index is 0.285. The lowest BCUT2D eigenvalue weighted by atomic mass is 9.90. The Bertz CT molecular complexity index is 1100. The van der Waals surface area contributed by atoms with Crippen molar-refractivity contribution in [2.75, 3.05) is 5.32 Å². The van der Waals surface area contributed by atoms with E-state index in [0.717, 1.165) is 31.2 Å². The van der Waals surface area contributed by atoms with Crippen LogP contribution in [-0.2, 0) is 0 Å². The first-order chi connectivity index (χ1) is 13.2. The molecule has 3 aromatic rings. The molecule has 2 aliphatic carbocycles. The number of aromatic nitrogens is 5. The number of anilines is 1. The highest BCUT2D eigenvalue weighted by molar-refractivity contribution is 5.61. The minimum Gasteiger partial charge on any atom is -0.351 e. The molecule has 0 bridgehead atoms. The number of pyridine rings is 1. The molecule has 0 spiro atoms. The van der Waals surface area contributed by atoms with Crippen LogP contribution in [0.5, 0.6) is 0 Å². The second-order valence-corrected chi connectivity index (χ2v) is 7.14. The van der Waals surface area contributed by atoms with Crippen molar-refractivity contribution < 1.29 is 4.39 Å². The van der Waals surface area contributed by atoms with E-state index < -0.39 is 5.82 Å². The number of fused-ring (bicyclic) bond motifs is 1. The van der Waals surface area contributed by atoms with E-state index in [0.29, 0.717) is 23.0 Å². The quantitative estimate of drug-likeness (QED) is 0.766. The van der Waals surface area contributed by atoms with E-state index in [-0.39, 0.29) is 6.04 Å². The van der Waals surface area contributed by atoms with E-state index in [1.165, 1.54) is 17.8 Å². The van der Waals surface area contributed by atoms with Crippen LogP contribution in [0.3, 0.4) is 0 Å². The Balaban J connectivity index is 1.54. The number of hydrogen-bond donors (Lipinski definition) is 1. The molecule has 7 heteroatoms. The largest absolute Gasteiger partial charge is 0.351 e. The van der Waals surface area contributed by atoms with Crippen LogP contribution in [-0.4, -0.2) is 30.6 Å². The normalized spacial score (nSPS) is 19.0. The summed E-state index contributed by atoms with van der Waals surface area (Å²) in [6.45, 7) is 1.95. The summed E-state index contributed by atoms with van der Waals surface area (Å²) in [6, 6.07) is 1.68. The van der Waals surface area contributed by atoms with Gasteiger partial charge in [-0.2, -0.15) is 14.6 Å². The summed E-state index contributed by atoms with van der Waals surface area (Å²) in [7, 11) is 0. The monoisotopic (exact) mass is 362 g/mol. The molecule has 3 heterocycles. The lowest BCUT2D eigenvalue weighted by Crippen LogP contribution is -2.25. The van der Waals surface area contributed by atoms with Gasteiger partial charge in [0, 0.05) is 23.4 Å². The highest BCUT2D eigenvalue weighted by atomic mass is 19.1. The van der Waals surface area contributed by atoms with Crippen molar-refractivity contribution in [1.29, 1.82) is 0 Å². The maximum Gasteiger partial charge on any atom is 0.228 e. The molecular weight excluding hydrogens is 343 g/mol. The van der Waals surface area contributed by atoms with Gasteiger partial charge >= 0.3 is 0 Å². The summed E-state index contributed by atoms with van der Waals surface area (Å²) < 4.78 is 15.3. The number of halogens is 1. The van der Waals surface area contributed by atoms with Crippen molar-refractivity contribution in [3.05, 3.63) is 59.3 Å². The Kier molecular flexibility index (Phi) is 3.74. The zero-order valence-electron chi connectivity index (χ0n) is 15.0. The van der Waals surface area contributed by atoms with Crippen LogP contribution in [0.4, 0.5) is 10.3 Å². The molecule has 0 saturated heterocycles. The van der Waals surface area contributed by atoms with Gasteiger partial charge in [-0.3, -0.25) is 4.98 Å². The summed E-state index contributed by atoms with van der Waals surface area (Å²) in [4.78, 5) is 13.1. The van der Waals surface area contributed by atoms with Gasteiger partial charge in [-0.25, -0.2) is 9.37 Å². The zero-order valence-corrected chi connectivity index (χ0v) is 15.0. The Hall–Kier alpha value is -3.09. The molecule has 5 rings (SSSR count). The van der Waals surface area contributed by atoms with Crippen molar-refractivity contribution in [1.82, 2.24) is 24.6 Å². The van der Waals surface area contributed by atoms with Crippen LogP contribution in [0.2, 0.25) is 0 Å². The molecular formula is C20H19FN6. The van der Waals surface area contributed by atoms with Crippen molar-refractivity contribution in [3.8, 4) is 11.4 Å². The highest BCUT2D eigenvalue weighted by Gasteiger charge is 2.23. The summed E-state index contributed by atoms with van der Waals surface area (Å²) in [5, 5.41) is 7.96. The topological polar surface area (TPSA) is 68.0 Å². The summed E-state index contributed by atoms with van der Waals surface area (Å²) in [6.07, 6.45) is 13.2. The van der Waals surface area contributed by atoms with Gasteiger partial charge in [-0.15, -0.1) is 0 Å². The lowest BCUT2D eigenvalue weighted by Gasteiger charge is -2.25. The van der Waals surface area contributed by atoms with Gasteiger partial charge in [0.15, 0.2) is 11.5 Å². The average Bonchev–Trinajstić information content (AvgIpc) is 3.28. The molecule has 0 aliphatic heterocycles. The fourth-order valence-corrected chi connectivity index (χ4v) is 3.83. The van der Waals surface area contributed by atoms with Gasteiger partial charge in [-0.1, -0.05) is 17.7 Å². The second kappa shape index (κ2) is 6.26. The minimum atomic E-state index is -0.407. The van der Waals surface area contributed by atoms with Crippen LogP contribution in [0.15, 0.2) is 48.0 Å². The molecule has 0 amide bonds. The van der Waals surface area contributed by atoms with E-state index in [2.05, 4.69) is 37.5 Å². The Morgan fingerprint density at radius 2 is 2.15 bits per heavy atom. The summed E-state index contributed by atoms with van der Waals surface area (Å²) in [5.74, 6) is 0.663. The number of aryl methyl sites for hydroxylation is 1. The number of hydrogen-bond acceptors (Lipinski definition) is 5. The molecule has 1 N–H and O–H groups in total. The van der Waals surface area contributed by atoms with Crippen LogP contribution in [0.25, 0.3) is 17.0 Å². The molecule has 0 radical (unpaired) electrons. The van der Waals surface area contributed by atoms with Crippen molar-refractivity contribution >= 4 is 11.6 Å². The summed E-state index contributed by atoms with van der Waals surface area (Å²) >= 11 is 0. The first kappa shape index (κ1) is 16.1. The zero-order chi connectivity index (χ0) is 18.4. The number of nitrogens with one attached hydrogen (secondary N) is 1. The molecule has 0 fully saturated rings. The first-order valence-electron chi connectivity index (χ1n) is 9.14. The standard InChI is InChI=1S/C20H19FN6/c1-12-9-23-27-19(12)25-18(15-7-16(21)11-22-10-15)26-20(27)24-17-6-5-13-3-2-4-14(13)8-17/h2,4,7,9-11,17H,3,5-6,8H2,1H3,(H,24,25,26)/t17-/m1/s1. The molecule has 1 atom stereocenters. The van der Waals surface area contributed by atoms with E-state index >= 15 is 0 Å². The third kappa shape index (κ3) is 2.89. The Morgan fingerprint density at radius 1 is 1.22 bits per heavy atom. The van der Waals surface area contributed by atoms with Crippen LogP contribution >= 0.6 is 0 Å². The maximum absolute atomic E-state index is 13.6. The van der Waals surface area contributed by atoms with Gasteiger partial charge in [-0.05, 0) is 44.2 Å². The van der Waals surface area contributed by atoms with Crippen LogP contribution in [0, 0.1) is 12.7 Å². The van der Waals surface area contributed by atoms with Gasteiger partial charge in [0.05, 0.1) is 12.4 Å². The molecule has 0 saturated carbocycles. The van der Waals surface area contributed by atoms with Crippen LogP contribution < -0.4 is 5.32 Å². The van der Waals surface area contributed by atoms with Crippen molar-refractivity contribution in [2.45, 2.75) is 38.6 Å². The van der Waals surface area contributed by atoms with E-state index in [1.807, 2.05) is 6.92 Å². The number of rotatable bonds is 3. The highest BCUT2D eigenvalue weighted by Crippen LogP contribution is 2.34. The third-order valence-electron chi connectivity index (χ3n) is 5.24. The van der Waals surface area contributed by atoms with Crippen LogP contribution in [0.1, 0.15) is 31.2 Å². The lowest BCUT2D eigenvalue weighted by molar-refractivity contribution is 0.601. The van der Waals surface area contributed by atoms with E-state index in [1.54, 1.807) is 22.5 Å². The predicted molar refractivity (Wildman–Crippen MR) is 101 cm³/mol. The van der Waals surface area contributed by atoms with E-state index in [4.69, 9.17) is 0 Å². The molecule has 6 nitrogen and oxygen atoms in total. The molecule has 0 unspecified atom stereocenters. The SMILES string of the molecule is Cc1cnn2c(N[C@@H]3CCC4=C(C=CC4)C3)nc(-c3cncc(F)c3)nc12. The Labute approximate surface area is 155 Å². The molecule has 136 valence electrons. The van der Waals surface area contributed by atoms with Gasteiger partial charge < -0.3 is 5.32 Å². The van der Waals surface area contributed by atoms with Crippen molar-refractivity contribution in [2.24, 2.45) is 0 Å². The molecule has 2 aliphatic rings. The number of nitrogens with zero attached hydrogens (tertiary/aromatic N) is 5. The first-order valence-corrected chi connectivity index (χ1v) is 9.14. The fourth-order valence-electron chi connectivity index (χ4n) is 3.83. The third-order valence-corrected chi connectivity index (χ3v) is 5.24. The smallest absolute Gasteiger partial charge is 0.228 e. The van der Waals surface area contributed by atoms with Gasteiger partial charge in [0.2, 0.25) is 5.95 Å². The summed E-state index contributed by atoms with van der Waals surface area (Å²) in [5.41, 5.74) is 5.20. The molecule has 0 aromatic carbocycles. The van der Waals surface area contributed by atoms with E-state index in [9.17, 15) is 4.39 Å². The fraction of sp³-hybridized carbons (Fsp3) is 0.300. The van der Waals surface area contributed by atoms with Crippen molar-refractivity contribution in [3.63, 3.8) is 0 Å². The Morgan fingerprint density at radius 3 is 3.04 bits per heavy atom.